The van der Waals surface area contributed by atoms with Gasteiger partial charge in [0, 0.05) is 6.54 Å². The number of hydrogen-bond acceptors (Lipinski definition) is 5. The van der Waals surface area contributed by atoms with Gasteiger partial charge in [0.2, 0.25) is 5.91 Å². The highest BCUT2D eigenvalue weighted by molar-refractivity contribution is 5.77. The van der Waals surface area contributed by atoms with Gasteiger partial charge in [-0.25, -0.2) is 0 Å². The van der Waals surface area contributed by atoms with Crippen molar-refractivity contribution in [2.45, 2.75) is 32.6 Å². The summed E-state index contributed by atoms with van der Waals surface area (Å²) in [5, 5.41) is 15.9. The molecule has 0 aliphatic carbocycles. The van der Waals surface area contributed by atoms with E-state index in [2.05, 4.69) is 33.5 Å². The summed E-state index contributed by atoms with van der Waals surface area (Å²) in [7, 11) is 1.78. The van der Waals surface area contributed by atoms with Crippen LogP contribution in [-0.4, -0.2) is 65.3 Å². The van der Waals surface area contributed by atoms with Gasteiger partial charge < -0.3 is 26.6 Å². The largest absolute Gasteiger partial charge is 0.355 e. The third-order valence-electron chi connectivity index (χ3n) is 3.10. The van der Waals surface area contributed by atoms with Crippen LogP contribution < -0.4 is 26.6 Å². The van der Waals surface area contributed by atoms with E-state index >= 15 is 0 Å². The number of hydrogen-bond donors (Lipinski definition) is 5. The summed E-state index contributed by atoms with van der Waals surface area (Å²) in [4.78, 5) is 11.2. The summed E-state index contributed by atoms with van der Waals surface area (Å²) < 4.78 is 0. The summed E-state index contributed by atoms with van der Waals surface area (Å²) in [6.07, 6.45) is 4.60. The van der Waals surface area contributed by atoms with E-state index < -0.39 is 0 Å². The fourth-order valence-corrected chi connectivity index (χ4v) is 1.93. The van der Waals surface area contributed by atoms with E-state index in [1.54, 1.807) is 7.05 Å². The van der Waals surface area contributed by atoms with Crippen LogP contribution in [0.25, 0.3) is 0 Å². The van der Waals surface area contributed by atoms with Crippen LogP contribution in [0.1, 0.15) is 32.6 Å². The number of rotatable bonds is 16. The van der Waals surface area contributed by atoms with Crippen LogP contribution in [0.2, 0.25) is 0 Å². The molecule has 0 saturated carbocycles. The predicted molar refractivity (Wildman–Crippen MR) is 89.7 cm³/mol. The molecule has 0 aliphatic heterocycles. The molecule has 0 aromatic rings. The smallest absolute Gasteiger partial charge is 0.233 e. The van der Waals surface area contributed by atoms with Crippen molar-refractivity contribution in [2.75, 3.05) is 59.4 Å². The normalized spacial score (nSPS) is 10.8. The predicted octanol–water partition coefficient (Wildman–Crippen LogP) is -0.329. The molecule has 0 rings (SSSR count). The van der Waals surface area contributed by atoms with Gasteiger partial charge in [-0.15, -0.1) is 0 Å². The Morgan fingerprint density at radius 1 is 0.762 bits per heavy atom. The van der Waals surface area contributed by atoms with Gasteiger partial charge in [-0.3, -0.25) is 4.79 Å². The molecule has 6 nitrogen and oxygen atoms in total. The van der Waals surface area contributed by atoms with E-state index in [1.807, 2.05) is 0 Å². The first-order valence-corrected chi connectivity index (χ1v) is 8.34. The van der Waals surface area contributed by atoms with Crippen LogP contribution >= 0.6 is 0 Å². The SMILES string of the molecule is CCNCCCNCCCCNCCCNC(=O)CNC. The van der Waals surface area contributed by atoms with Gasteiger partial charge in [-0.05, 0) is 72.0 Å². The Kier molecular flexibility index (Phi) is 16.8. The molecule has 0 fully saturated rings. The van der Waals surface area contributed by atoms with Crippen LogP contribution in [0, 0.1) is 0 Å². The average molecular weight is 301 g/mol. The van der Waals surface area contributed by atoms with Gasteiger partial charge in [0.1, 0.15) is 0 Å². The third-order valence-corrected chi connectivity index (χ3v) is 3.10. The van der Waals surface area contributed by atoms with E-state index in [-0.39, 0.29) is 5.91 Å². The molecule has 0 radical (unpaired) electrons. The monoisotopic (exact) mass is 301 g/mol. The molecule has 0 atom stereocenters. The van der Waals surface area contributed by atoms with E-state index in [0.717, 1.165) is 52.2 Å². The Hall–Kier alpha value is -0.690. The fourth-order valence-electron chi connectivity index (χ4n) is 1.93. The minimum absolute atomic E-state index is 0.0673. The highest BCUT2D eigenvalue weighted by atomic mass is 16.1. The number of carbonyl (C=O) groups excluding carboxylic acids is 1. The lowest BCUT2D eigenvalue weighted by atomic mass is 10.3. The van der Waals surface area contributed by atoms with Crippen LogP contribution in [0.4, 0.5) is 0 Å². The first-order chi connectivity index (χ1) is 10.3. The molecule has 6 heteroatoms. The summed E-state index contributed by atoms with van der Waals surface area (Å²) in [5.41, 5.74) is 0. The van der Waals surface area contributed by atoms with Gasteiger partial charge in [0.05, 0.1) is 6.54 Å². The standard InChI is InChI=1S/C15H35N5O/c1-3-17-10-6-11-18-8-4-5-9-19-12-7-13-20-15(21)14-16-2/h16-19H,3-14H2,1-2H3,(H,20,21). The molecule has 21 heavy (non-hydrogen) atoms. The molecule has 0 bridgehead atoms. The van der Waals surface area contributed by atoms with Crippen LogP contribution in [0.5, 0.6) is 0 Å². The maximum atomic E-state index is 11.2. The lowest BCUT2D eigenvalue weighted by Gasteiger charge is -2.07. The summed E-state index contributed by atoms with van der Waals surface area (Å²) in [6.45, 7) is 9.69. The number of nitrogens with one attached hydrogen (secondary N) is 5. The molecule has 0 saturated heterocycles. The van der Waals surface area contributed by atoms with Crippen LogP contribution in [0.3, 0.4) is 0 Å². The maximum Gasteiger partial charge on any atom is 0.233 e. The van der Waals surface area contributed by atoms with E-state index in [4.69, 9.17) is 0 Å². The molecule has 0 spiro atoms. The highest BCUT2D eigenvalue weighted by Crippen LogP contribution is 1.85. The quantitative estimate of drug-likeness (QED) is 0.252. The van der Waals surface area contributed by atoms with Crippen LogP contribution in [0.15, 0.2) is 0 Å². The zero-order valence-corrected chi connectivity index (χ0v) is 13.9. The average Bonchev–Trinajstić information content (AvgIpc) is 2.48. The molecule has 0 unspecified atom stereocenters. The van der Waals surface area contributed by atoms with Crippen molar-refractivity contribution in [2.24, 2.45) is 0 Å². The molecule has 5 N–H and O–H groups in total. The minimum atomic E-state index is 0.0673. The third kappa shape index (κ3) is 17.3. The van der Waals surface area contributed by atoms with Gasteiger partial charge in [0.25, 0.3) is 0 Å². The summed E-state index contributed by atoms with van der Waals surface area (Å²) in [6, 6.07) is 0. The first kappa shape index (κ1) is 20.3. The topological polar surface area (TPSA) is 77.2 Å². The van der Waals surface area contributed by atoms with E-state index in [1.165, 1.54) is 19.3 Å². The Bertz CT molecular complexity index is 226. The number of unbranched alkanes of at least 4 members (excludes halogenated alkanes) is 1. The van der Waals surface area contributed by atoms with Gasteiger partial charge in [-0.2, -0.15) is 0 Å². The number of amides is 1. The molecular formula is C15H35N5O. The highest BCUT2D eigenvalue weighted by Gasteiger charge is 1.96. The molecule has 126 valence electrons. The lowest BCUT2D eigenvalue weighted by molar-refractivity contribution is -0.120. The maximum absolute atomic E-state index is 11.2. The fraction of sp³-hybridized carbons (Fsp3) is 0.933. The second-order valence-corrected chi connectivity index (χ2v) is 5.15. The zero-order chi connectivity index (χ0) is 15.6. The van der Waals surface area contributed by atoms with Crippen molar-refractivity contribution in [3.63, 3.8) is 0 Å². The van der Waals surface area contributed by atoms with Gasteiger partial charge in [0.15, 0.2) is 0 Å². The molecular weight excluding hydrogens is 266 g/mol. The molecule has 0 heterocycles. The van der Waals surface area contributed by atoms with E-state index in [9.17, 15) is 4.79 Å². The number of likely N-dealkylation sites (N-methyl/N-ethyl adjacent to an activating group) is 1. The molecule has 1 amide bonds. The van der Waals surface area contributed by atoms with Crippen molar-refractivity contribution < 1.29 is 4.79 Å². The second-order valence-electron chi connectivity index (χ2n) is 5.15. The Labute approximate surface area is 130 Å². The van der Waals surface area contributed by atoms with Crippen molar-refractivity contribution in [3.05, 3.63) is 0 Å². The van der Waals surface area contributed by atoms with Crippen LogP contribution in [-0.2, 0) is 4.79 Å². The molecule has 0 aromatic heterocycles. The van der Waals surface area contributed by atoms with Gasteiger partial charge in [-0.1, -0.05) is 6.92 Å². The first-order valence-electron chi connectivity index (χ1n) is 8.34. The van der Waals surface area contributed by atoms with E-state index in [0.29, 0.717) is 6.54 Å². The minimum Gasteiger partial charge on any atom is -0.355 e. The summed E-state index contributed by atoms with van der Waals surface area (Å²) in [5.74, 6) is 0.0673. The van der Waals surface area contributed by atoms with Crippen molar-refractivity contribution in [1.29, 1.82) is 0 Å². The Morgan fingerprint density at radius 2 is 1.29 bits per heavy atom. The van der Waals surface area contributed by atoms with Crippen molar-refractivity contribution in [3.8, 4) is 0 Å². The summed E-state index contributed by atoms with van der Waals surface area (Å²) >= 11 is 0. The Morgan fingerprint density at radius 3 is 1.86 bits per heavy atom. The van der Waals surface area contributed by atoms with Crippen molar-refractivity contribution in [1.82, 2.24) is 26.6 Å². The zero-order valence-electron chi connectivity index (χ0n) is 13.9. The Balaban J connectivity index is 3.01. The molecule has 0 aromatic carbocycles. The lowest BCUT2D eigenvalue weighted by Crippen LogP contribution is -2.33. The number of carbonyl (C=O) groups is 1. The second kappa shape index (κ2) is 17.4. The van der Waals surface area contributed by atoms with Crippen molar-refractivity contribution >= 4 is 5.91 Å². The molecule has 0 aliphatic rings. The van der Waals surface area contributed by atoms with Gasteiger partial charge >= 0.3 is 0 Å².